The molecule has 2 heterocycles. The van der Waals surface area contributed by atoms with Crippen LogP contribution in [0.15, 0.2) is 43.0 Å². The number of amides is 3. The standard InChI is InChI=1S/C29H42N8O5/c1-17(2)11-23(27(39)37-25(29(41)42)13-19-15-32-16-34-19)36-28(40)24(35-26(38)21(31)8-5-6-10-30)12-18-14-33-22-9-4-3-7-20(18)22/h3-4,7,9,14-17,21,23-25,33H,5-6,8,10-13,30-31H2,1-2H3,(H,32,34)(H,35,38)(H,36,40)(H,37,39)(H,41,42). The van der Waals surface area contributed by atoms with Gasteiger partial charge in [-0.1, -0.05) is 38.5 Å². The lowest BCUT2D eigenvalue weighted by atomic mass is 10.00. The number of rotatable bonds is 17. The molecule has 0 saturated carbocycles. The molecule has 4 atom stereocenters. The number of carboxylic acid groups (broad SMARTS) is 1. The van der Waals surface area contributed by atoms with Gasteiger partial charge in [0, 0.05) is 41.8 Å². The molecule has 4 unspecified atom stereocenters. The Balaban J connectivity index is 1.80. The van der Waals surface area contributed by atoms with E-state index in [0.717, 1.165) is 22.9 Å². The number of carboxylic acids is 1. The van der Waals surface area contributed by atoms with Gasteiger partial charge in [-0.05, 0) is 43.4 Å². The van der Waals surface area contributed by atoms with Gasteiger partial charge in [-0.3, -0.25) is 14.4 Å². The highest BCUT2D eigenvalue weighted by atomic mass is 16.4. The first-order chi connectivity index (χ1) is 20.1. The molecule has 10 N–H and O–H groups in total. The average molecular weight is 583 g/mol. The predicted molar refractivity (Wildman–Crippen MR) is 158 cm³/mol. The maximum absolute atomic E-state index is 13.7. The minimum Gasteiger partial charge on any atom is -0.480 e. The fourth-order valence-corrected chi connectivity index (χ4v) is 4.71. The van der Waals surface area contributed by atoms with E-state index in [2.05, 4.69) is 30.9 Å². The van der Waals surface area contributed by atoms with E-state index in [-0.39, 0.29) is 25.2 Å². The number of nitrogens with one attached hydrogen (secondary N) is 5. The first kappa shape index (κ1) is 32.3. The number of unbranched alkanes of at least 4 members (excludes halogenated alkanes) is 1. The van der Waals surface area contributed by atoms with Gasteiger partial charge in [0.15, 0.2) is 0 Å². The lowest BCUT2D eigenvalue weighted by Gasteiger charge is -2.26. The Labute approximate surface area is 244 Å². The van der Waals surface area contributed by atoms with Crippen LogP contribution in [0, 0.1) is 5.92 Å². The summed E-state index contributed by atoms with van der Waals surface area (Å²) in [6, 6.07) is 3.44. The molecular formula is C29H42N8O5. The van der Waals surface area contributed by atoms with Crippen LogP contribution in [0.1, 0.15) is 50.8 Å². The number of para-hydroxylation sites is 1. The molecule has 1 aromatic carbocycles. The molecule has 13 nitrogen and oxygen atoms in total. The number of fused-ring (bicyclic) bond motifs is 1. The van der Waals surface area contributed by atoms with Crippen molar-refractivity contribution in [3.8, 4) is 0 Å². The van der Waals surface area contributed by atoms with Crippen LogP contribution in [0.4, 0.5) is 0 Å². The van der Waals surface area contributed by atoms with Gasteiger partial charge in [-0.15, -0.1) is 0 Å². The second-order valence-electron chi connectivity index (χ2n) is 10.9. The summed E-state index contributed by atoms with van der Waals surface area (Å²) in [5, 5.41) is 18.7. The molecule has 13 heteroatoms. The fraction of sp³-hybridized carbons (Fsp3) is 0.483. The molecule has 0 aliphatic heterocycles. The minimum atomic E-state index is -1.24. The van der Waals surface area contributed by atoms with Crippen LogP contribution in [0.5, 0.6) is 0 Å². The summed E-state index contributed by atoms with van der Waals surface area (Å²) in [6.07, 6.45) is 6.88. The number of nitrogens with two attached hydrogens (primary N) is 2. The number of nitrogens with zero attached hydrogens (tertiary/aromatic N) is 1. The van der Waals surface area contributed by atoms with Crippen molar-refractivity contribution >= 4 is 34.6 Å². The Morgan fingerprint density at radius 2 is 1.62 bits per heavy atom. The first-order valence-corrected chi connectivity index (χ1v) is 14.2. The number of carbonyl (C=O) groups excluding carboxylic acids is 3. The number of aromatic amines is 2. The summed E-state index contributed by atoms with van der Waals surface area (Å²) in [5.41, 5.74) is 13.9. The van der Waals surface area contributed by atoms with Gasteiger partial charge in [0.2, 0.25) is 17.7 Å². The molecule has 42 heavy (non-hydrogen) atoms. The van der Waals surface area contributed by atoms with Crippen molar-refractivity contribution in [2.75, 3.05) is 6.54 Å². The van der Waals surface area contributed by atoms with Crippen molar-refractivity contribution in [3.05, 3.63) is 54.2 Å². The van der Waals surface area contributed by atoms with E-state index in [1.165, 1.54) is 12.5 Å². The Morgan fingerprint density at radius 3 is 2.29 bits per heavy atom. The number of aliphatic carboxylic acids is 1. The molecule has 0 saturated heterocycles. The number of benzene rings is 1. The Kier molecular flexibility index (Phi) is 12.1. The van der Waals surface area contributed by atoms with Crippen molar-refractivity contribution in [1.29, 1.82) is 0 Å². The van der Waals surface area contributed by atoms with Gasteiger partial charge in [0.1, 0.15) is 18.1 Å². The number of H-pyrrole nitrogens is 2. The molecule has 0 fully saturated rings. The summed E-state index contributed by atoms with van der Waals surface area (Å²) < 4.78 is 0. The van der Waals surface area contributed by atoms with E-state index in [4.69, 9.17) is 11.5 Å². The van der Waals surface area contributed by atoms with E-state index >= 15 is 0 Å². The molecular weight excluding hydrogens is 540 g/mol. The van der Waals surface area contributed by atoms with E-state index < -0.39 is 47.9 Å². The quantitative estimate of drug-likeness (QED) is 0.106. The smallest absolute Gasteiger partial charge is 0.326 e. The third-order valence-corrected chi connectivity index (χ3v) is 6.97. The molecule has 0 radical (unpaired) electrons. The van der Waals surface area contributed by atoms with Crippen molar-refractivity contribution < 1.29 is 24.3 Å². The number of hydrogen-bond donors (Lipinski definition) is 8. The molecule has 3 aromatic rings. The Morgan fingerprint density at radius 1 is 0.929 bits per heavy atom. The normalized spacial score (nSPS) is 14.2. The van der Waals surface area contributed by atoms with Crippen LogP contribution in [-0.4, -0.2) is 74.5 Å². The zero-order valence-electron chi connectivity index (χ0n) is 24.1. The van der Waals surface area contributed by atoms with Crippen LogP contribution in [-0.2, 0) is 32.0 Å². The summed E-state index contributed by atoms with van der Waals surface area (Å²) in [6.45, 7) is 4.26. The number of hydrogen-bond acceptors (Lipinski definition) is 7. The number of imidazole rings is 1. The third-order valence-electron chi connectivity index (χ3n) is 6.97. The highest BCUT2D eigenvalue weighted by Crippen LogP contribution is 2.19. The lowest BCUT2D eigenvalue weighted by Crippen LogP contribution is -2.58. The van der Waals surface area contributed by atoms with Crippen LogP contribution in [0.3, 0.4) is 0 Å². The van der Waals surface area contributed by atoms with Crippen LogP contribution >= 0.6 is 0 Å². The van der Waals surface area contributed by atoms with Crippen molar-refractivity contribution in [3.63, 3.8) is 0 Å². The summed E-state index contributed by atoms with van der Waals surface area (Å²) in [5.74, 6) is -2.93. The maximum atomic E-state index is 13.7. The second-order valence-corrected chi connectivity index (χ2v) is 10.9. The van der Waals surface area contributed by atoms with E-state index in [9.17, 15) is 24.3 Å². The van der Waals surface area contributed by atoms with Crippen LogP contribution in [0.2, 0.25) is 0 Å². The van der Waals surface area contributed by atoms with Gasteiger partial charge < -0.3 is 42.5 Å². The maximum Gasteiger partial charge on any atom is 0.326 e. The fourth-order valence-electron chi connectivity index (χ4n) is 4.71. The first-order valence-electron chi connectivity index (χ1n) is 14.2. The summed E-state index contributed by atoms with van der Waals surface area (Å²) >= 11 is 0. The predicted octanol–water partition coefficient (Wildman–Crippen LogP) is 0.718. The SMILES string of the molecule is CC(C)CC(NC(=O)C(Cc1c[nH]c2ccccc12)NC(=O)C(N)CCCCN)C(=O)NC(Cc1cnc[nH]1)C(=O)O. The van der Waals surface area contributed by atoms with E-state index in [1.807, 2.05) is 38.1 Å². The second kappa shape index (κ2) is 15.7. The van der Waals surface area contributed by atoms with Gasteiger partial charge in [-0.25, -0.2) is 9.78 Å². The number of carbonyl (C=O) groups is 4. The van der Waals surface area contributed by atoms with E-state index in [0.29, 0.717) is 25.1 Å². The monoisotopic (exact) mass is 582 g/mol. The zero-order chi connectivity index (χ0) is 30.6. The number of aromatic nitrogens is 3. The molecule has 0 aliphatic carbocycles. The highest BCUT2D eigenvalue weighted by Gasteiger charge is 2.31. The highest BCUT2D eigenvalue weighted by molar-refractivity contribution is 5.95. The minimum absolute atomic E-state index is 0.00504. The van der Waals surface area contributed by atoms with Crippen LogP contribution in [0.25, 0.3) is 10.9 Å². The Hall–Kier alpha value is -4.23. The summed E-state index contributed by atoms with van der Waals surface area (Å²) in [4.78, 5) is 61.8. The van der Waals surface area contributed by atoms with Gasteiger partial charge in [-0.2, -0.15) is 0 Å². The van der Waals surface area contributed by atoms with Crippen molar-refractivity contribution in [2.24, 2.45) is 17.4 Å². The molecule has 3 amide bonds. The molecule has 2 aromatic heterocycles. The van der Waals surface area contributed by atoms with Gasteiger partial charge in [0.25, 0.3) is 0 Å². The molecule has 228 valence electrons. The molecule has 3 rings (SSSR count). The van der Waals surface area contributed by atoms with Crippen molar-refractivity contribution in [2.45, 2.75) is 76.5 Å². The summed E-state index contributed by atoms with van der Waals surface area (Å²) in [7, 11) is 0. The van der Waals surface area contributed by atoms with E-state index in [1.54, 1.807) is 6.20 Å². The largest absolute Gasteiger partial charge is 0.480 e. The Bertz CT molecular complexity index is 1320. The zero-order valence-corrected chi connectivity index (χ0v) is 24.1. The molecule has 0 bridgehead atoms. The van der Waals surface area contributed by atoms with Crippen LogP contribution < -0.4 is 27.4 Å². The van der Waals surface area contributed by atoms with Gasteiger partial charge in [0.05, 0.1) is 12.4 Å². The molecule has 0 spiro atoms. The molecule has 0 aliphatic rings. The topological polar surface area (TPSA) is 221 Å². The van der Waals surface area contributed by atoms with Crippen molar-refractivity contribution in [1.82, 2.24) is 30.9 Å². The third kappa shape index (κ3) is 9.42. The van der Waals surface area contributed by atoms with Gasteiger partial charge >= 0.3 is 5.97 Å². The average Bonchev–Trinajstić information content (AvgIpc) is 3.61. The lowest BCUT2D eigenvalue weighted by molar-refractivity contribution is -0.142.